The Labute approximate surface area is 500 Å². The number of benzene rings is 9. The SMILES string of the molecule is CCCc1ccc(-c2nc(-c3ccccc3)nc(-c3ccc4c(c3)C3(c5ccccc5-4)c4cc(-n5c6ccccc6c6ccc7c(c65)N(C5=NC(c6ccccc6)=N/C(c6ccccc6)=C/CC5)C5C=CC=CC75)ccc4C4C=CC=CC43)n2)cc1. The van der Waals surface area contributed by atoms with Crippen molar-refractivity contribution in [3.05, 3.63) is 312 Å². The van der Waals surface area contributed by atoms with Gasteiger partial charge >= 0.3 is 0 Å². The summed E-state index contributed by atoms with van der Waals surface area (Å²) in [7, 11) is 0. The fraction of sp³-hybridized carbons (Fsp3) is 0.127. The normalized spacial score (nSPS) is 20.8. The summed E-state index contributed by atoms with van der Waals surface area (Å²) in [6.07, 6.45) is 24.6. The predicted octanol–water partition coefficient (Wildman–Crippen LogP) is 18.2. The second kappa shape index (κ2) is 20.2. The summed E-state index contributed by atoms with van der Waals surface area (Å²) < 4.78 is 2.58. The highest BCUT2D eigenvalue weighted by molar-refractivity contribution is 6.20. The Morgan fingerprint density at radius 1 is 0.488 bits per heavy atom. The van der Waals surface area contributed by atoms with E-state index in [2.05, 4.69) is 277 Å². The number of para-hydroxylation sites is 1. The number of nitrogens with zero attached hydrogens (tertiary/aromatic N) is 7. The van der Waals surface area contributed by atoms with Gasteiger partial charge in [0.15, 0.2) is 23.3 Å². The smallest absolute Gasteiger partial charge is 0.164 e. The van der Waals surface area contributed by atoms with Crippen molar-refractivity contribution in [1.29, 1.82) is 0 Å². The molecule has 7 nitrogen and oxygen atoms in total. The van der Waals surface area contributed by atoms with Gasteiger partial charge in [0, 0.05) is 62.9 Å². The number of rotatable bonds is 8. The van der Waals surface area contributed by atoms with E-state index in [9.17, 15) is 0 Å². The molecule has 4 heterocycles. The molecule has 7 heteroatoms. The zero-order chi connectivity index (χ0) is 56.9. The number of allylic oxidation sites excluding steroid dienone is 7. The van der Waals surface area contributed by atoms with E-state index < -0.39 is 5.41 Å². The average molecular weight is 1110 g/mol. The molecule has 0 radical (unpaired) electrons. The topological polar surface area (TPSA) is 71.6 Å². The molecule has 11 aromatic rings. The van der Waals surface area contributed by atoms with E-state index in [1.165, 1.54) is 66.5 Å². The molecule has 6 aliphatic rings. The van der Waals surface area contributed by atoms with Gasteiger partial charge in [-0.25, -0.2) is 24.9 Å². The Morgan fingerprint density at radius 3 is 1.92 bits per heavy atom. The Balaban J connectivity index is 0.878. The molecule has 1 spiro atoms. The van der Waals surface area contributed by atoms with E-state index in [1.54, 1.807) is 0 Å². The lowest BCUT2D eigenvalue weighted by Crippen LogP contribution is -2.39. The second-order valence-corrected chi connectivity index (χ2v) is 23.6. The fourth-order valence-electron chi connectivity index (χ4n) is 15.2. The van der Waals surface area contributed by atoms with Crippen molar-refractivity contribution >= 4 is 44.9 Å². The fourth-order valence-corrected chi connectivity index (χ4v) is 15.2. The van der Waals surface area contributed by atoms with Crippen LogP contribution in [0.2, 0.25) is 0 Å². The Morgan fingerprint density at radius 2 is 1.13 bits per heavy atom. The molecule has 17 rings (SSSR count). The van der Waals surface area contributed by atoms with Gasteiger partial charge in [-0.1, -0.05) is 256 Å². The highest BCUT2D eigenvalue weighted by Gasteiger charge is 2.57. The molecule has 2 aromatic heterocycles. The minimum atomic E-state index is -0.559. The van der Waals surface area contributed by atoms with Gasteiger partial charge in [0.05, 0.1) is 33.9 Å². The number of aliphatic imine (C=N–C) groups is 2. The zero-order valence-electron chi connectivity index (χ0n) is 47.7. The molecular weight excluding hydrogens is 1050 g/mol. The molecule has 5 unspecified atom stereocenters. The molecule has 0 saturated carbocycles. The third-order valence-corrected chi connectivity index (χ3v) is 18.9. The lowest BCUT2D eigenvalue weighted by molar-refractivity contribution is 0.465. The summed E-state index contributed by atoms with van der Waals surface area (Å²) in [5, 5.41) is 2.43. The van der Waals surface area contributed by atoms with E-state index in [0.29, 0.717) is 23.3 Å². The third-order valence-electron chi connectivity index (χ3n) is 18.9. The second-order valence-electron chi connectivity index (χ2n) is 23.6. The van der Waals surface area contributed by atoms with Crippen LogP contribution in [0.15, 0.2) is 277 Å². The maximum atomic E-state index is 5.73. The quantitative estimate of drug-likeness (QED) is 0.152. The van der Waals surface area contributed by atoms with Gasteiger partial charge in [-0.2, -0.15) is 0 Å². The first-order chi connectivity index (χ1) is 42.6. The average Bonchev–Trinajstić information content (AvgIpc) is 1.55. The van der Waals surface area contributed by atoms with Crippen molar-refractivity contribution < 1.29 is 0 Å². The van der Waals surface area contributed by atoms with Crippen LogP contribution in [0.25, 0.3) is 78.5 Å². The molecule has 5 atom stereocenters. The first-order valence-electron chi connectivity index (χ1n) is 30.4. The van der Waals surface area contributed by atoms with Crippen LogP contribution in [0.3, 0.4) is 0 Å². The van der Waals surface area contributed by atoms with Crippen LogP contribution in [0.5, 0.6) is 0 Å². The number of hydrogen-bond acceptors (Lipinski definition) is 6. The summed E-state index contributed by atoms with van der Waals surface area (Å²) in [5.74, 6) is 4.04. The van der Waals surface area contributed by atoms with Crippen LogP contribution in [-0.4, -0.2) is 37.2 Å². The third kappa shape index (κ3) is 7.77. The molecule has 0 saturated heterocycles. The monoisotopic (exact) mass is 1110 g/mol. The Kier molecular flexibility index (Phi) is 11.8. The summed E-state index contributed by atoms with van der Waals surface area (Å²) in [6, 6.07) is 77.4. The van der Waals surface area contributed by atoms with Crippen LogP contribution in [-0.2, 0) is 11.8 Å². The van der Waals surface area contributed by atoms with Crippen molar-refractivity contribution in [3.63, 3.8) is 0 Å². The lowest BCUT2D eigenvalue weighted by Gasteiger charge is -2.36. The van der Waals surface area contributed by atoms with Crippen molar-refractivity contribution in [3.8, 4) is 51.0 Å². The summed E-state index contributed by atoms with van der Waals surface area (Å²) >= 11 is 0. The van der Waals surface area contributed by atoms with E-state index in [4.69, 9.17) is 24.9 Å². The van der Waals surface area contributed by atoms with Gasteiger partial charge in [-0.05, 0) is 87.2 Å². The summed E-state index contributed by atoms with van der Waals surface area (Å²) in [6.45, 7) is 2.22. The van der Waals surface area contributed by atoms with Gasteiger partial charge in [0.1, 0.15) is 5.84 Å². The molecule has 0 N–H and O–H groups in total. The number of aromatic nitrogens is 4. The molecule has 0 fully saturated rings. The molecular formula is C79H59N7. The van der Waals surface area contributed by atoms with Crippen molar-refractivity contribution in [2.45, 2.75) is 55.9 Å². The zero-order valence-corrected chi connectivity index (χ0v) is 47.7. The maximum absolute atomic E-state index is 5.73. The van der Waals surface area contributed by atoms with Gasteiger partial charge in [0.2, 0.25) is 0 Å². The molecule has 9 aromatic carbocycles. The van der Waals surface area contributed by atoms with Crippen LogP contribution in [0, 0.1) is 5.92 Å². The van der Waals surface area contributed by atoms with Crippen LogP contribution >= 0.6 is 0 Å². The summed E-state index contributed by atoms with van der Waals surface area (Å²) in [4.78, 5) is 29.6. The van der Waals surface area contributed by atoms with Crippen LogP contribution in [0.1, 0.15) is 82.5 Å². The number of fused-ring (bicyclic) bond motifs is 17. The molecule has 2 aliphatic heterocycles. The highest BCUT2D eigenvalue weighted by Crippen LogP contribution is 2.66. The Bertz CT molecular complexity index is 4790. The molecule has 86 heavy (non-hydrogen) atoms. The van der Waals surface area contributed by atoms with Crippen molar-refractivity contribution in [2.75, 3.05) is 4.90 Å². The van der Waals surface area contributed by atoms with E-state index >= 15 is 0 Å². The Hall–Kier alpha value is -10.4. The van der Waals surface area contributed by atoms with Crippen molar-refractivity contribution in [2.24, 2.45) is 15.9 Å². The number of anilines is 1. The van der Waals surface area contributed by atoms with Crippen LogP contribution in [0.4, 0.5) is 5.69 Å². The largest absolute Gasteiger partial charge is 0.320 e. The number of aryl methyl sites for hydroxylation is 1. The van der Waals surface area contributed by atoms with Gasteiger partial charge in [0.25, 0.3) is 0 Å². The highest BCUT2D eigenvalue weighted by atomic mass is 15.3. The van der Waals surface area contributed by atoms with E-state index in [1.807, 2.05) is 6.07 Å². The predicted molar refractivity (Wildman–Crippen MR) is 352 cm³/mol. The maximum Gasteiger partial charge on any atom is 0.164 e. The standard InChI is InChI=1S/C79H59N7/c1-2-21-50-38-40-54(41-39-50)77-82-76(53-26-10-5-11-27-53)83-78(84-77)55-42-44-59-57-28-12-16-32-65(57)79(67(59)48-55)66-33-17-13-29-58(66)60-45-43-56(49-68(60)79)85-70-35-18-14-30-61(70)63-46-47-64-62-31-15-19-36-71(62)86(74(64)73(63)85)72-37-20-34-69(51-22-6-3-7-23-51)80-75(81-72)52-24-8-4-9-25-52/h3-19,22-36,38-49,58,62,66,71H,2,20-21,37H2,1H3/b69-34+,80-75?,81-72?. The van der Waals surface area contributed by atoms with Gasteiger partial charge < -0.3 is 9.47 Å². The molecule has 4 aliphatic carbocycles. The van der Waals surface area contributed by atoms with Crippen molar-refractivity contribution in [1.82, 2.24) is 19.5 Å². The molecule has 410 valence electrons. The molecule has 0 bridgehead atoms. The molecule has 0 amide bonds. The first-order valence-corrected chi connectivity index (χ1v) is 30.4. The first kappa shape index (κ1) is 50.2. The summed E-state index contributed by atoms with van der Waals surface area (Å²) in [5.41, 5.74) is 20.4. The number of hydrogen-bond donors (Lipinski definition) is 0. The minimum absolute atomic E-state index is 0.0149. The lowest BCUT2D eigenvalue weighted by atomic mass is 9.65. The number of amidine groups is 2. The van der Waals surface area contributed by atoms with E-state index in [-0.39, 0.29) is 23.8 Å². The van der Waals surface area contributed by atoms with Gasteiger partial charge in [-0.3, -0.25) is 0 Å². The van der Waals surface area contributed by atoms with Gasteiger partial charge in [-0.15, -0.1) is 0 Å². The van der Waals surface area contributed by atoms with E-state index in [0.717, 1.165) is 76.2 Å². The minimum Gasteiger partial charge on any atom is -0.320 e. The van der Waals surface area contributed by atoms with Crippen LogP contribution < -0.4 is 4.90 Å².